The summed E-state index contributed by atoms with van der Waals surface area (Å²) in [6, 6.07) is 2.14. The van der Waals surface area contributed by atoms with Crippen LogP contribution in [0.15, 0.2) is 17.8 Å². The standard InChI is InChI=1S/C12H16N2S/c1-4-12(3,5-2)10-9-6-7-15-11(9)14-8-13-10/h6-8H,4-5H2,1-3H3. The molecule has 0 bridgehead atoms. The first kappa shape index (κ1) is 10.6. The van der Waals surface area contributed by atoms with Crippen LogP contribution in [0.3, 0.4) is 0 Å². The van der Waals surface area contributed by atoms with Gasteiger partial charge < -0.3 is 0 Å². The third-order valence-electron chi connectivity index (χ3n) is 3.39. The van der Waals surface area contributed by atoms with E-state index in [1.807, 2.05) is 0 Å². The van der Waals surface area contributed by atoms with Gasteiger partial charge in [0.25, 0.3) is 0 Å². The fraction of sp³-hybridized carbons (Fsp3) is 0.500. The van der Waals surface area contributed by atoms with Crippen molar-refractivity contribution in [3.63, 3.8) is 0 Å². The minimum Gasteiger partial charge on any atom is -0.240 e. The summed E-state index contributed by atoms with van der Waals surface area (Å²) in [6.45, 7) is 6.74. The Balaban J connectivity index is 2.64. The molecular formula is C12H16N2S. The van der Waals surface area contributed by atoms with Gasteiger partial charge in [-0.15, -0.1) is 11.3 Å². The van der Waals surface area contributed by atoms with Gasteiger partial charge in [0.2, 0.25) is 0 Å². The van der Waals surface area contributed by atoms with E-state index in [-0.39, 0.29) is 5.41 Å². The molecule has 0 unspecified atom stereocenters. The molecule has 0 spiro atoms. The lowest BCUT2D eigenvalue weighted by atomic mass is 9.80. The molecule has 15 heavy (non-hydrogen) atoms. The molecule has 0 saturated heterocycles. The number of hydrogen-bond acceptors (Lipinski definition) is 3. The summed E-state index contributed by atoms with van der Waals surface area (Å²) in [5.41, 5.74) is 1.39. The predicted molar refractivity (Wildman–Crippen MR) is 65.3 cm³/mol. The van der Waals surface area contributed by atoms with Crippen LogP contribution >= 0.6 is 11.3 Å². The van der Waals surface area contributed by atoms with Crippen LogP contribution in [-0.2, 0) is 5.41 Å². The highest BCUT2D eigenvalue weighted by Gasteiger charge is 2.26. The highest BCUT2D eigenvalue weighted by Crippen LogP contribution is 2.34. The average molecular weight is 220 g/mol. The zero-order valence-electron chi connectivity index (χ0n) is 9.45. The first-order valence-electron chi connectivity index (χ1n) is 5.40. The van der Waals surface area contributed by atoms with Crippen LogP contribution in [0.25, 0.3) is 10.2 Å². The Morgan fingerprint density at radius 1 is 1.27 bits per heavy atom. The number of rotatable bonds is 3. The zero-order chi connectivity index (χ0) is 10.9. The summed E-state index contributed by atoms with van der Waals surface area (Å²) in [6.07, 6.45) is 3.93. The van der Waals surface area contributed by atoms with Crippen molar-refractivity contribution in [2.75, 3.05) is 0 Å². The highest BCUT2D eigenvalue weighted by molar-refractivity contribution is 7.16. The minimum absolute atomic E-state index is 0.183. The molecule has 2 heterocycles. The van der Waals surface area contributed by atoms with Crippen LogP contribution in [0, 0.1) is 0 Å². The summed E-state index contributed by atoms with van der Waals surface area (Å²) < 4.78 is 0. The van der Waals surface area contributed by atoms with E-state index >= 15 is 0 Å². The molecule has 0 aliphatic rings. The van der Waals surface area contributed by atoms with Crippen LogP contribution in [0.1, 0.15) is 39.3 Å². The van der Waals surface area contributed by atoms with Gasteiger partial charge in [0.15, 0.2) is 0 Å². The smallest absolute Gasteiger partial charge is 0.126 e. The second-order valence-electron chi connectivity index (χ2n) is 4.13. The Morgan fingerprint density at radius 3 is 2.67 bits per heavy atom. The number of thiophene rings is 1. The topological polar surface area (TPSA) is 25.8 Å². The minimum atomic E-state index is 0.183. The van der Waals surface area contributed by atoms with Gasteiger partial charge in [-0.1, -0.05) is 20.8 Å². The molecule has 0 fully saturated rings. The van der Waals surface area contributed by atoms with Crippen molar-refractivity contribution in [2.45, 2.75) is 39.0 Å². The van der Waals surface area contributed by atoms with Crippen molar-refractivity contribution in [2.24, 2.45) is 0 Å². The molecule has 3 heteroatoms. The van der Waals surface area contributed by atoms with E-state index < -0.39 is 0 Å². The highest BCUT2D eigenvalue weighted by atomic mass is 32.1. The predicted octanol–water partition coefficient (Wildman–Crippen LogP) is 3.77. The number of nitrogens with zero attached hydrogens (tertiary/aromatic N) is 2. The molecule has 0 atom stereocenters. The normalized spacial score (nSPS) is 12.2. The summed E-state index contributed by atoms with van der Waals surface area (Å²) in [7, 11) is 0. The van der Waals surface area contributed by atoms with Crippen molar-refractivity contribution in [1.29, 1.82) is 0 Å². The van der Waals surface area contributed by atoms with Crippen molar-refractivity contribution in [1.82, 2.24) is 9.97 Å². The molecule has 2 aromatic rings. The van der Waals surface area contributed by atoms with Crippen LogP contribution in [-0.4, -0.2) is 9.97 Å². The summed E-state index contributed by atoms with van der Waals surface area (Å²) in [4.78, 5) is 9.88. The van der Waals surface area contributed by atoms with E-state index in [2.05, 4.69) is 42.2 Å². The average Bonchev–Trinajstić information content (AvgIpc) is 2.75. The fourth-order valence-corrected chi connectivity index (χ4v) is 2.59. The molecule has 2 aromatic heterocycles. The number of fused-ring (bicyclic) bond motifs is 1. The van der Waals surface area contributed by atoms with Crippen LogP contribution in [0.4, 0.5) is 0 Å². The molecule has 2 rings (SSSR count). The number of aromatic nitrogens is 2. The first-order valence-corrected chi connectivity index (χ1v) is 6.28. The second kappa shape index (κ2) is 3.89. The zero-order valence-corrected chi connectivity index (χ0v) is 10.3. The quantitative estimate of drug-likeness (QED) is 0.787. The maximum Gasteiger partial charge on any atom is 0.126 e. The lowest BCUT2D eigenvalue weighted by Crippen LogP contribution is -2.21. The second-order valence-corrected chi connectivity index (χ2v) is 5.02. The Bertz CT molecular complexity index is 457. The van der Waals surface area contributed by atoms with Crippen molar-refractivity contribution >= 4 is 21.6 Å². The van der Waals surface area contributed by atoms with E-state index in [0.29, 0.717) is 0 Å². The van der Waals surface area contributed by atoms with E-state index in [1.54, 1.807) is 17.7 Å². The van der Waals surface area contributed by atoms with Crippen LogP contribution in [0.5, 0.6) is 0 Å². The van der Waals surface area contributed by atoms with Gasteiger partial charge >= 0.3 is 0 Å². The molecule has 80 valence electrons. The largest absolute Gasteiger partial charge is 0.240 e. The van der Waals surface area contributed by atoms with E-state index in [1.165, 1.54) is 11.1 Å². The van der Waals surface area contributed by atoms with Gasteiger partial charge in [0.05, 0.1) is 5.69 Å². The molecular weight excluding hydrogens is 204 g/mol. The van der Waals surface area contributed by atoms with Crippen molar-refractivity contribution in [3.05, 3.63) is 23.5 Å². The van der Waals surface area contributed by atoms with E-state index in [0.717, 1.165) is 17.7 Å². The summed E-state index contributed by atoms with van der Waals surface area (Å²) in [5.74, 6) is 0. The third kappa shape index (κ3) is 1.65. The monoisotopic (exact) mass is 220 g/mol. The van der Waals surface area contributed by atoms with Gasteiger partial charge in [0.1, 0.15) is 11.2 Å². The Labute approximate surface area is 94.4 Å². The van der Waals surface area contributed by atoms with E-state index in [4.69, 9.17) is 0 Å². The molecule has 0 amide bonds. The van der Waals surface area contributed by atoms with E-state index in [9.17, 15) is 0 Å². The van der Waals surface area contributed by atoms with Gasteiger partial charge in [-0.3, -0.25) is 0 Å². The molecule has 0 radical (unpaired) electrons. The fourth-order valence-electron chi connectivity index (χ4n) is 1.86. The molecule has 0 aliphatic carbocycles. The van der Waals surface area contributed by atoms with Gasteiger partial charge in [-0.25, -0.2) is 9.97 Å². The van der Waals surface area contributed by atoms with Crippen LogP contribution in [0.2, 0.25) is 0 Å². The maximum atomic E-state index is 4.49. The van der Waals surface area contributed by atoms with Gasteiger partial charge in [-0.2, -0.15) is 0 Å². The lowest BCUT2D eigenvalue weighted by molar-refractivity contribution is 0.430. The molecule has 0 N–H and O–H groups in total. The first-order chi connectivity index (χ1) is 7.21. The maximum absolute atomic E-state index is 4.49. The Morgan fingerprint density at radius 2 is 2.00 bits per heavy atom. The third-order valence-corrected chi connectivity index (χ3v) is 4.21. The van der Waals surface area contributed by atoms with Crippen LogP contribution < -0.4 is 0 Å². The Hall–Kier alpha value is -0.960. The lowest BCUT2D eigenvalue weighted by Gasteiger charge is -2.26. The van der Waals surface area contributed by atoms with Crippen molar-refractivity contribution < 1.29 is 0 Å². The molecule has 2 nitrogen and oxygen atoms in total. The summed E-state index contributed by atoms with van der Waals surface area (Å²) >= 11 is 1.69. The number of hydrogen-bond donors (Lipinski definition) is 0. The summed E-state index contributed by atoms with van der Waals surface area (Å²) in [5, 5.41) is 3.32. The van der Waals surface area contributed by atoms with Gasteiger partial charge in [0, 0.05) is 10.8 Å². The van der Waals surface area contributed by atoms with Crippen molar-refractivity contribution in [3.8, 4) is 0 Å². The SMILES string of the molecule is CCC(C)(CC)c1ncnc2sccc12. The van der Waals surface area contributed by atoms with Gasteiger partial charge in [-0.05, 0) is 24.3 Å². The molecule has 0 saturated carbocycles. The molecule has 0 aliphatic heterocycles. The Kier molecular flexibility index (Phi) is 2.74. The molecule has 0 aromatic carbocycles.